The highest BCUT2D eigenvalue weighted by Crippen LogP contribution is 2.32. The first kappa shape index (κ1) is 14.9. The average Bonchev–Trinajstić information content (AvgIpc) is 2.43. The van der Waals surface area contributed by atoms with Gasteiger partial charge in [-0.15, -0.1) is 0 Å². The van der Waals surface area contributed by atoms with Gasteiger partial charge in [0.25, 0.3) is 0 Å². The minimum absolute atomic E-state index is 0.0430. The lowest BCUT2D eigenvalue weighted by molar-refractivity contribution is 0.478. The Bertz CT molecular complexity index is 724. The zero-order chi connectivity index (χ0) is 14.8. The van der Waals surface area contributed by atoms with E-state index < -0.39 is 9.84 Å². The third kappa shape index (κ3) is 3.14. The van der Waals surface area contributed by atoms with Crippen LogP contribution in [0.5, 0.6) is 11.5 Å². The van der Waals surface area contributed by atoms with Crippen LogP contribution in [0.25, 0.3) is 0 Å². The summed E-state index contributed by atoms with van der Waals surface area (Å²) < 4.78 is 29.3. The van der Waals surface area contributed by atoms with Gasteiger partial charge in [-0.2, -0.15) is 0 Å². The molecule has 3 nitrogen and oxygen atoms in total. The molecule has 0 saturated carbocycles. The summed E-state index contributed by atoms with van der Waals surface area (Å²) in [5.74, 6) is 1.18. The van der Waals surface area contributed by atoms with E-state index in [4.69, 9.17) is 16.3 Å². The fourth-order valence-corrected chi connectivity index (χ4v) is 2.90. The standard InChI is InChI=1S/C15H15ClO3S/c1-3-20(17,18)12-8-9-15(13(16)10-12)19-14-7-5-4-6-11(14)2/h4-10H,3H2,1-2H3. The molecule has 0 amide bonds. The van der Waals surface area contributed by atoms with E-state index in [2.05, 4.69) is 0 Å². The molecule has 5 heteroatoms. The van der Waals surface area contributed by atoms with Crippen LogP contribution in [-0.2, 0) is 9.84 Å². The maximum absolute atomic E-state index is 11.8. The van der Waals surface area contributed by atoms with Crippen molar-refractivity contribution in [2.75, 3.05) is 5.75 Å². The topological polar surface area (TPSA) is 43.4 Å². The second kappa shape index (κ2) is 5.85. The van der Waals surface area contributed by atoms with Gasteiger partial charge in [0.05, 0.1) is 15.7 Å². The first-order chi connectivity index (χ1) is 9.44. The van der Waals surface area contributed by atoms with Crippen molar-refractivity contribution in [1.82, 2.24) is 0 Å². The normalized spacial score (nSPS) is 11.3. The molecule has 0 heterocycles. The number of aryl methyl sites for hydroxylation is 1. The molecule has 0 aliphatic carbocycles. The van der Waals surface area contributed by atoms with Gasteiger partial charge in [0, 0.05) is 0 Å². The van der Waals surface area contributed by atoms with Gasteiger partial charge in [-0.25, -0.2) is 8.42 Å². The van der Waals surface area contributed by atoms with E-state index in [0.717, 1.165) is 5.56 Å². The van der Waals surface area contributed by atoms with Crippen molar-refractivity contribution in [2.24, 2.45) is 0 Å². The van der Waals surface area contributed by atoms with Crippen LogP contribution < -0.4 is 4.74 Å². The number of hydrogen-bond acceptors (Lipinski definition) is 3. The predicted octanol–water partition coefficient (Wildman–Crippen LogP) is 4.23. The smallest absolute Gasteiger partial charge is 0.178 e. The first-order valence-corrected chi connectivity index (χ1v) is 8.23. The minimum atomic E-state index is -3.26. The van der Waals surface area contributed by atoms with Crippen molar-refractivity contribution in [1.29, 1.82) is 0 Å². The predicted molar refractivity (Wildman–Crippen MR) is 80.4 cm³/mol. The molecule has 0 bridgehead atoms. The number of rotatable bonds is 4. The van der Waals surface area contributed by atoms with Crippen LogP contribution >= 0.6 is 11.6 Å². The second-order valence-electron chi connectivity index (χ2n) is 4.36. The van der Waals surface area contributed by atoms with Crippen molar-refractivity contribution < 1.29 is 13.2 Å². The van der Waals surface area contributed by atoms with E-state index in [1.165, 1.54) is 12.1 Å². The lowest BCUT2D eigenvalue weighted by Gasteiger charge is -2.11. The maximum atomic E-state index is 11.8. The number of sulfone groups is 1. The summed E-state index contributed by atoms with van der Waals surface area (Å²) in [6, 6.07) is 12.1. The summed E-state index contributed by atoms with van der Waals surface area (Å²) in [6.45, 7) is 3.53. The molecule has 2 aromatic rings. The fraction of sp³-hybridized carbons (Fsp3) is 0.200. The number of para-hydroxylation sites is 1. The van der Waals surface area contributed by atoms with Crippen molar-refractivity contribution in [3.8, 4) is 11.5 Å². The van der Waals surface area contributed by atoms with Gasteiger partial charge in [-0.1, -0.05) is 36.7 Å². The molecule has 0 aliphatic rings. The highest BCUT2D eigenvalue weighted by atomic mass is 35.5. The number of ether oxygens (including phenoxy) is 1. The first-order valence-electron chi connectivity index (χ1n) is 6.20. The molecule has 2 aromatic carbocycles. The molecule has 0 atom stereocenters. The molecule has 0 aromatic heterocycles. The molecule has 0 N–H and O–H groups in total. The van der Waals surface area contributed by atoms with E-state index in [0.29, 0.717) is 11.5 Å². The van der Waals surface area contributed by atoms with Crippen molar-refractivity contribution >= 4 is 21.4 Å². The Morgan fingerprint density at radius 2 is 1.80 bits per heavy atom. The monoisotopic (exact) mass is 310 g/mol. The Morgan fingerprint density at radius 3 is 2.40 bits per heavy atom. The summed E-state index contributed by atoms with van der Waals surface area (Å²) in [5.41, 5.74) is 0.980. The van der Waals surface area contributed by atoms with Gasteiger partial charge in [-0.05, 0) is 36.8 Å². The van der Waals surface area contributed by atoms with E-state index >= 15 is 0 Å². The molecule has 0 aliphatic heterocycles. The van der Waals surface area contributed by atoms with E-state index in [1.807, 2.05) is 31.2 Å². The van der Waals surface area contributed by atoms with Crippen LogP contribution in [0.2, 0.25) is 5.02 Å². The van der Waals surface area contributed by atoms with E-state index in [9.17, 15) is 8.42 Å². The van der Waals surface area contributed by atoms with E-state index in [-0.39, 0.29) is 15.7 Å². The molecule has 0 radical (unpaired) electrons. The summed E-state index contributed by atoms with van der Waals surface area (Å²) >= 11 is 6.11. The SMILES string of the molecule is CCS(=O)(=O)c1ccc(Oc2ccccc2C)c(Cl)c1. The molecule has 0 fully saturated rings. The fourth-order valence-electron chi connectivity index (χ4n) is 1.71. The molecular weight excluding hydrogens is 296 g/mol. The molecule has 0 unspecified atom stereocenters. The summed E-state index contributed by atoms with van der Waals surface area (Å²) in [4.78, 5) is 0.210. The van der Waals surface area contributed by atoms with Crippen LogP contribution in [0.15, 0.2) is 47.4 Å². The molecule has 20 heavy (non-hydrogen) atoms. The highest BCUT2D eigenvalue weighted by Gasteiger charge is 2.14. The lowest BCUT2D eigenvalue weighted by atomic mass is 10.2. The van der Waals surface area contributed by atoms with Gasteiger partial charge in [0.15, 0.2) is 9.84 Å². The highest BCUT2D eigenvalue weighted by molar-refractivity contribution is 7.91. The number of halogens is 1. The molecule has 0 saturated heterocycles. The zero-order valence-electron chi connectivity index (χ0n) is 11.3. The van der Waals surface area contributed by atoms with Gasteiger partial charge < -0.3 is 4.74 Å². The van der Waals surface area contributed by atoms with Crippen LogP contribution in [0.4, 0.5) is 0 Å². The average molecular weight is 311 g/mol. The molecule has 0 spiro atoms. The quantitative estimate of drug-likeness (QED) is 0.848. The second-order valence-corrected chi connectivity index (χ2v) is 7.05. The Labute approximate surface area is 124 Å². The van der Waals surface area contributed by atoms with Crippen LogP contribution in [-0.4, -0.2) is 14.2 Å². The Balaban J connectivity index is 2.34. The number of hydrogen-bond donors (Lipinski definition) is 0. The maximum Gasteiger partial charge on any atom is 0.178 e. The zero-order valence-corrected chi connectivity index (χ0v) is 12.8. The van der Waals surface area contributed by atoms with Crippen molar-refractivity contribution in [2.45, 2.75) is 18.7 Å². The Kier molecular flexibility index (Phi) is 4.35. The van der Waals surface area contributed by atoms with Gasteiger partial charge in [-0.3, -0.25) is 0 Å². The van der Waals surface area contributed by atoms with Gasteiger partial charge >= 0.3 is 0 Å². The van der Waals surface area contributed by atoms with Crippen molar-refractivity contribution in [3.05, 3.63) is 53.1 Å². The molecule has 106 valence electrons. The molecular formula is C15H15ClO3S. The minimum Gasteiger partial charge on any atom is -0.456 e. The summed E-state index contributed by atoms with van der Waals surface area (Å²) in [7, 11) is -3.26. The Hall–Kier alpha value is -1.52. The number of benzene rings is 2. The van der Waals surface area contributed by atoms with Crippen molar-refractivity contribution in [3.63, 3.8) is 0 Å². The third-order valence-corrected chi connectivity index (χ3v) is 4.98. The molecule has 2 rings (SSSR count). The Morgan fingerprint density at radius 1 is 1.10 bits per heavy atom. The lowest BCUT2D eigenvalue weighted by Crippen LogP contribution is -2.03. The van der Waals surface area contributed by atoms with Gasteiger partial charge in [0.1, 0.15) is 11.5 Å². The van der Waals surface area contributed by atoms with Crippen LogP contribution in [0, 0.1) is 6.92 Å². The van der Waals surface area contributed by atoms with Crippen LogP contribution in [0.1, 0.15) is 12.5 Å². The largest absolute Gasteiger partial charge is 0.456 e. The van der Waals surface area contributed by atoms with Gasteiger partial charge in [0.2, 0.25) is 0 Å². The van der Waals surface area contributed by atoms with Crippen LogP contribution in [0.3, 0.4) is 0 Å². The third-order valence-electron chi connectivity index (χ3n) is 2.96. The van der Waals surface area contributed by atoms with E-state index in [1.54, 1.807) is 13.0 Å². The summed E-state index contributed by atoms with van der Waals surface area (Å²) in [6.07, 6.45) is 0. The summed E-state index contributed by atoms with van der Waals surface area (Å²) in [5, 5.41) is 0.280.